The predicted molar refractivity (Wildman–Crippen MR) is 121 cm³/mol. The van der Waals surface area contributed by atoms with E-state index in [-0.39, 0.29) is 24.3 Å². The molecule has 4 rings (SSSR count). The maximum Gasteiger partial charge on any atom is 0.240 e. The highest BCUT2D eigenvalue weighted by molar-refractivity contribution is 5.81. The van der Waals surface area contributed by atoms with Gasteiger partial charge in [0.25, 0.3) is 0 Å². The molecule has 6 nitrogen and oxygen atoms in total. The molecule has 0 saturated heterocycles. The molecule has 1 heterocycles. The van der Waals surface area contributed by atoms with Gasteiger partial charge in [-0.1, -0.05) is 61.7 Å². The normalized spacial score (nSPS) is 14.5. The maximum absolute atomic E-state index is 12.6. The third kappa shape index (κ3) is 5.51. The van der Waals surface area contributed by atoms with Crippen molar-refractivity contribution in [2.24, 2.45) is 5.92 Å². The fraction of sp³-hybridized carbons (Fsp3) is 0.400. The molecule has 31 heavy (non-hydrogen) atoms. The van der Waals surface area contributed by atoms with E-state index in [1.807, 2.05) is 59.2 Å². The molecule has 1 aromatic heterocycles. The van der Waals surface area contributed by atoms with Gasteiger partial charge in [-0.05, 0) is 30.5 Å². The van der Waals surface area contributed by atoms with Crippen molar-refractivity contribution in [3.63, 3.8) is 0 Å². The van der Waals surface area contributed by atoms with Crippen molar-refractivity contribution < 1.29 is 9.59 Å². The second-order valence-corrected chi connectivity index (χ2v) is 8.24. The van der Waals surface area contributed by atoms with Gasteiger partial charge in [-0.2, -0.15) is 0 Å². The molecule has 1 aliphatic carbocycles. The lowest BCUT2D eigenvalue weighted by molar-refractivity contribution is -0.126. The number of hydrogen-bond acceptors (Lipinski definition) is 3. The number of rotatable bonds is 8. The maximum atomic E-state index is 12.6. The molecule has 2 aromatic carbocycles. The SMILES string of the molecule is O=C(Cn1c(CCNC(=O)C2CCCCC2)nc2ccccc21)NCc1ccccc1. The smallest absolute Gasteiger partial charge is 0.240 e. The minimum atomic E-state index is -0.0560. The number of nitrogens with one attached hydrogen (secondary N) is 2. The Hall–Kier alpha value is -3.15. The third-order valence-corrected chi connectivity index (χ3v) is 5.99. The summed E-state index contributed by atoms with van der Waals surface area (Å²) in [7, 11) is 0. The number of imidazole rings is 1. The van der Waals surface area contributed by atoms with Crippen molar-refractivity contribution in [2.75, 3.05) is 6.54 Å². The molecular formula is C25H30N4O2. The first-order valence-electron chi connectivity index (χ1n) is 11.2. The molecular weight excluding hydrogens is 388 g/mol. The average Bonchev–Trinajstić information content (AvgIpc) is 3.16. The third-order valence-electron chi connectivity index (χ3n) is 5.99. The number of carbonyl (C=O) groups excluding carboxylic acids is 2. The van der Waals surface area contributed by atoms with E-state index in [4.69, 9.17) is 4.98 Å². The highest BCUT2D eigenvalue weighted by Gasteiger charge is 2.21. The summed E-state index contributed by atoms with van der Waals surface area (Å²) >= 11 is 0. The summed E-state index contributed by atoms with van der Waals surface area (Å²) < 4.78 is 1.96. The van der Waals surface area contributed by atoms with E-state index < -0.39 is 0 Å². The molecule has 0 atom stereocenters. The zero-order chi connectivity index (χ0) is 21.5. The molecule has 0 bridgehead atoms. The van der Waals surface area contributed by atoms with Gasteiger partial charge in [0.15, 0.2) is 0 Å². The summed E-state index contributed by atoms with van der Waals surface area (Å²) in [5.41, 5.74) is 2.87. The van der Waals surface area contributed by atoms with Crippen LogP contribution in [0.2, 0.25) is 0 Å². The van der Waals surface area contributed by atoms with E-state index >= 15 is 0 Å². The summed E-state index contributed by atoms with van der Waals surface area (Å²) in [5.74, 6) is 1.07. The predicted octanol–water partition coefficient (Wildman–Crippen LogP) is 3.59. The number of benzene rings is 2. The zero-order valence-electron chi connectivity index (χ0n) is 17.8. The van der Waals surface area contributed by atoms with Crippen LogP contribution >= 0.6 is 0 Å². The number of para-hydroxylation sites is 2. The van der Waals surface area contributed by atoms with Gasteiger partial charge in [0.05, 0.1) is 11.0 Å². The van der Waals surface area contributed by atoms with Crippen molar-refractivity contribution in [1.29, 1.82) is 0 Å². The molecule has 0 radical (unpaired) electrons. The average molecular weight is 419 g/mol. The summed E-state index contributed by atoms with van der Waals surface area (Å²) in [5, 5.41) is 6.07. The van der Waals surface area contributed by atoms with Crippen LogP contribution in [-0.4, -0.2) is 27.9 Å². The van der Waals surface area contributed by atoms with Gasteiger partial charge in [0.1, 0.15) is 12.4 Å². The largest absolute Gasteiger partial charge is 0.355 e. The van der Waals surface area contributed by atoms with Crippen molar-refractivity contribution >= 4 is 22.8 Å². The quantitative estimate of drug-likeness (QED) is 0.587. The van der Waals surface area contributed by atoms with Crippen molar-refractivity contribution in [1.82, 2.24) is 20.2 Å². The zero-order valence-corrected chi connectivity index (χ0v) is 17.8. The summed E-state index contributed by atoms with van der Waals surface area (Å²) in [6.45, 7) is 1.24. The highest BCUT2D eigenvalue weighted by atomic mass is 16.2. The fourth-order valence-electron chi connectivity index (χ4n) is 4.30. The lowest BCUT2D eigenvalue weighted by Gasteiger charge is -2.20. The van der Waals surface area contributed by atoms with E-state index in [0.717, 1.165) is 48.1 Å². The Bertz CT molecular complexity index is 1020. The molecule has 2 N–H and O–H groups in total. The Labute approximate surface area is 183 Å². The number of nitrogens with zero attached hydrogens (tertiary/aromatic N) is 2. The molecule has 1 saturated carbocycles. The molecule has 3 aromatic rings. The summed E-state index contributed by atoms with van der Waals surface area (Å²) in [6, 6.07) is 17.7. The monoisotopic (exact) mass is 418 g/mol. The van der Waals surface area contributed by atoms with Crippen LogP contribution in [-0.2, 0) is 29.1 Å². The van der Waals surface area contributed by atoms with E-state index in [1.165, 1.54) is 6.42 Å². The van der Waals surface area contributed by atoms with Crippen LogP contribution in [0.1, 0.15) is 43.5 Å². The van der Waals surface area contributed by atoms with Crippen LogP contribution < -0.4 is 10.6 Å². The first-order chi connectivity index (χ1) is 15.2. The Morgan fingerprint density at radius 3 is 2.48 bits per heavy atom. The standard InChI is InChI=1S/C25H30N4O2/c30-24(27-17-19-9-3-1-4-10-19)18-29-22-14-8-7-13-21(22)28-23(29)15-16-26-25(31)20-11-5-2-6-12-20/h1,3-4,7-10,13-14,20H,2,5-6,11-12,15-18H2,(H,26,31)(H,27,30). The Balaban J connectivity index is 1.39. The van der Waals surface area contributed by atoms with Crippen LogP contribution in [0.15, 0.2) is 54.6 Å². The van der Waals surface area contributed by atoms with Gasteiger partial charge in [0.2, 0.25) is 11.8 Å². The van der Waals surface area contributed by atoms with Gasteiger partial charge in [-0.15, -0.1) is 0 Å². The van der Waals surface area contributed by atoms with E-state index in [1.54, 1.807) is 0 Å². The molecule has 0 unspecified atom stereocenters. The van der Waals surface area contributed by atoms with Crippen LogP contribution in [0.5, 0.6) is 0 Å². The van der Waals surface area contributed by atoms with Gasteiger partial charge >= 0.3 is 0 Å². The molecule has 1 aliphatic rings. The van der Waals surface area contributed by atoms with Gasteiger partial charge in [0, 0.05) is 25.4 Å². The molecule has 2 amide bonds. The first kappa shape index (κ1) is 21.1. The van der Waals surface area contributed by atoms with Crippen molar-refractivity contribution in [3.05, 3.63) is 66.0 Å². The molecule has 1 fully saturated rings. The van der Waals surface area contributed by atoms with E-state index in [0.29, 0.717) is 19.5 Å². The minimum Gasteiger partial charge on any atom is -0.355 e. The molecule has 0 aliphatic heterocycles. The lowest BCUT2D eigenvalue weighted by atomic mass is 9.89. The number of carbonyl (C=O) groups is 2. The second-order valence-electron chi connectivity index (χ2n) is 8.24. The molecule has 6 heteroatoms. The Kier molecular flexibility index (Phi) is 6.97. The van der Waals surface area contributed by atoms with Crippen LogP contribution in [0.3, 0.4) is 0 Å². The van der Waals surface area contributed by atoms with E-state index in [9.17, 15) is 9.59 Å². The van der Waals surface area contributed by atoms with Crippen LogP contribution in [0.4, 0.5) is 0 Å². The van der Waals surface area contributed by atoms with Crippen LogP contribution in [0.25, 0.3) is 11.0 Å². The Morgan fingerprint density at radius 1 is 0.935 bits per heavy atom. The topological polar surface area (TPSA) is 76.0 Å². The number of amides is 2. The van der Waals surface area contributed by atoms with Gasteiger partial charge in [-0.3, -0.25) is 9.59 Å². The summed E-state index contributed by atoms with van der Waals surface area (Å²) in [6.07, 6.45) is 6.11. The van der Waals surface area contributed by atoms with Crippen molar-refractivity contribution in [2.45, 2.75) is 51.6 Å². The fourth-order valence-corrected chi connectivity index (χ4v) is 4.30. The van der Waals surface area contributed by atoms with E-state index in [2.05, 4.69) is 10.6 Å². The van der Waals surface area contributed by atoms with Crippen molar-refractivity contribution in [3.8, 4) is 0 Å². The molecule has 0 spiro atoms. The first-order valence-corrected chi connectivity index (χ1v) is 11.2. The number of hydrogen-bond donors (Lipinski definition) is 2. The van der Waals surface area contributed by atoms with Crippen LogP contribution in [0, 0.1) is 5.92 Å². The highest BCUT2D eigenvalue weighted by Crippen LogP contribution is 2.23. The second kappa shape index (κ2) is 10.2. The Morgan fingerprint density at radius 2 is 1.68 bits per heavy atom. The summed E-state index contributed by atoms with van der Waals surface area (Å²) in [4.78, 5) is 29.8. The molecule has 162 valence electrons. The minimum absolute atomic E-state index is 0.0560. The number of aromatic nitrogens is 2. The lowest BCUT2D eigenvalue weighted by Crippen LogP contribution is -2.34. The van der Waals surface area contributed by atoms with Gasteiger partial charge in [-0.25, -0.2) is 4.98 Å². The number of fused-ring (bicyclic) bond motifs is 1. The van der Waals surface area contributed by atoms with Gasteiger partial charge < -0.3 is 15.2 Å².